The first-order valence-corrected chi connectivity index (χ1v) is 5.67. The molecule has 0 heterocycles. The lowest BCUT2D eigenvalue weighted by molar-refractivity contribution is -0.146. The van der Waals surface area contributed by atoms with E-state index in [4.69, 9.17) is 9.47 Å². The maximum atomic E-state index is 11.9. The Bertz CT molecular complexity index is 400. The lowest BCUT2D eigenvalue weighted by atomic mass is 10.1. The molecule has 0 radical (unpaired) electrons. The van der Waals surface area contributed by atoms with Crippen LogP contribution in [0, 0.1) is 0 Å². The molecule has 98 valence electrons. The predicted molar refractivity (Wildman–Crippen MR) is 70.6 cm³/mol. The van der Waals surface area contributed by atoms with Crippen molar-refractivity contribution in [2.24, 2.45) is 0 Å². The molecule has 0 N–H and O–H groups in total. The van der Waals surface area contributed by atoms with Crippen molar-refractivity contribution in [3.63, 3.8) is 0 Å². The number of rotatable bonds is 6. The molecule has 0 aliphatic heterocycles. The van der Waals surface area contributed by atoms with Crippen LogP contribution in [0.4, 0.5) is 0 Å². The van der Waals surface area contributed by atoms with Crippen LogP contribution in [-0.2, 0) is 9.53 Å². The van der Waals surface area contributed by atoms with Gasteiger partial charge in [0, 0.05) is 6.54 Å². The van der Waals surface area contributed by atoms with E-state index >= 15 is 0 Å². The van der Waals surface area contributed by atoms with Gasteiger partial charge in [0.05, 0.1) is 14.2 Å². The van der Waals surface area contributed by atoms with Crippen LogP contribution in [0.15, 0.2) is 36.9 Å². The van der Waals surface area contributed by atoms with Gasteiger partial charge in [-0.25, -0.2) is 4.79 Å². The molecule has 1 rings (SSSR count). The topological polar surface area (TPSA) is 38.8 Å². The third kappa shape index (κ3) is 3.34. The fraction of sp³-hybridized carbons (Fsp3) is 0.357. The Labute approximate surface area is 108 Å². The molecular formula is C14H19NO3. The number of methoxy groups -OCH3 is 2. The number of hydrogen-bond donors (Lipinski definition) is 0. The van der Waals surface area contributed by atoms with Crippen LogP contribution in [0.3, 0.4) is 0 Å². The van der Waals surface area contributed by atoms with Gasteiger partial charge >= 0.3 is 5.97 Å². The van der Waals surface area contributed by atoms with Gasteiger partial charge in [-0.2, -0.15) is 0 Å². The summed E-state index contributed by atoms with van der Waals surface area (Å²) in [5.74, 6) is 0.471. The fourth-order valence-electron chi connectivity index (χ4n) is 1.78. The summed E-state index contributed by atoms with van der Waals surface area (Å²) < 4.78 is 9.94. The quantitative estimate of drug-likeness (QED) is 0.571. The number of likely N-dealkylation sites (N-methyl/N-ethyl adjacent to an activating group) is 1. The van der Waals surface area contributed by atoms with Crippen LogP contribution < -0.4 is 4.74 Å². The molecule has 1 atom stereocenters. The third-order valence-corrected chi connectivity index (χ3v) is 2.71. The monoisotopic (exact) mass is 249 g/mol. The van der Waals surface area contributed by atoms with Crippen molar-refractivity contribution in [2.75, 3.05) is 27.8 Å². The van der Waals surface area contributed by atoms with Gasteiger partial charge in [0.1, 0.15) is 11.8 Å². The Morgan fingerprint density at radius 3 is 2.44 bits per heavy atom. The molecule has 4 heteroatoms. The summed E-state index contributed by atoms with van der Waals surface area (Å²) in [4.78, 5) is 13.7. The maximum Gasteiger partial charge on any atom is 0.327 e. The second-order valence-corrected chi connectivity index (χ2v) is 3.93. The lowest BCUT2D eigenvalue weighted by Gasteiger charge is -2.25. The smallest absolute Gasteiger partial charge is 0.327 e. The molecule has 0 spiro atoms. The van der Waals surface area contributed by atoms with Gasteiger partial charge in [0.15, 0.2) is 0 Å². The largest absolute Gasteiger partial charge is 0.497 e. The van der Waals surface area contributed by atoms with E-state index in [1.807, 2.05) is 36.2 Å². The molecule has 0 fully saturated rings. The molecule has 0 aliphatic rings. The molecule has 18 heavy (non-hydrogen) atoms. The second-order valence-electron chi connectivity index (χ2n) is 3.93. The summed E-state index contributed by atoms with van der Waals surface area (Å²) in [6, 6.07) is 6.94. The second kappa shape index (κ2) is 6.81. The first-order chi connectivity index (χ1) is 8.63. The van der Waals surface area contributed by atoms with E-state index in [1.165, 1.54) is 7.11 Å². The van der Waals surface area contributed by atoms with E-state index in [2.05, 4.69) is 6.58 Å². The highest BCUT2D eigenvalue weighted by molar-refractivity contribution is 5.77. The van der Waals surface area contributed by atoms with Gasteiger partial charge in [-0.05, 0) is 24.7 Å². The van der Waals surface area contributed by atoms with Crippen molar-refractivity contribution in [1.82, 2.24) is 4.90 Å². The maximum absolute atomic E-state index is 11.9. The summed E-state index contributed by atoms with van der Waals surface area (Å²) in [6.45, 7) is 4.28. The van der Waals surface area contributed by atoms with Crippen LogP contribution in [0.2, 0.25) is 0 Å². The van der Waals surface area contributed by atoms with Gasteiger partial charge in [-0.1, -0.05) is 18.2 Å². The van der Waals surface area contributed by atoms with Crippen molar-refractivity contribution in [2.45, 2.75) is 6.04 Å². The van der Waals surface area contributed by atoms with Crippen LogP contribution in [0.5, 0.6) is 5.75 Å². The van der Waals surface area contributed by atoms with E-state index in [-0.39, 0.29) is 5.97 Å². The molecular weight excluding hydrogens is 230 g/mol. The number of nitrogens with zero attached hydrogens (tertiary/aromatic N) is 1. The normalized spacial score (nSPS) is 12.0. The first kappa shape index (κ1) is 14.3. The molecule has 0 saturated carbocycles. The van der Waals surface area contributed by atoms with Crippen molar-refractivity contribution in [1.29, 1.82) is 0 Å². The average Bonchev–Trinajstić information content (AvgIpc) is 2.40. The van der Waals surface area contributed by atoms with Crippen LogP contribution in [-0.4, -0.2) is 38.7 Å². The molecule has 0 saturated heterocycles. The van der Waals surface area contributed by atoms with Crippen molar-refractivity contribution < 1.29 is 14.3 Å². The zero-order valence-electron chi connectivity index (χ0n) is 11.1. The minimum Gasteiger partial charge on any atom is -0.497 e. The number of benzene rings is 1. The SMILES string of the molecule is C=CCN(C)C(C(=O)OC)c1ccc(OC)cc1. The zero-order valence-corrected chi connectivity index (χ0v) is 11.1. The number of ether oxygens (including phenoxy) is 2. The zero-order chi connectivity index (χ0) is 13.5. The summed E-state index contributed by atoms with van der Waals surface area (Å²) >= 11 is 0. The first-order valence-electron chi connectivity index (χ1n) is 5.67. The Balaban J connectivity index is 3.00. The van der Waals surface area contributed by atoms with Gasteiger partial charge in [-0.15, -0.1) is 6.58 Å². The lowest BCUT2D eigenvalue weighted by Crippen LogP contribution is -2.31. The fourth-order valence-corrected chi connectivity index (χ4v) is 1.78. The minimum atomic E-state index is -0.432. The molecule has 0 amide bonds. The van der Waals surface area contributed by atoms with Gasteiger partial charge in [0.2, 0.25) is 0 Å². The van der Waals surface area contributed by atoms with Crippen LogP contribution >= 0.6 is 0 Å². The standard InChI is InChI=1S/C14H19NO3/c1-5-10-15(2)13(14(16)18-4)11-6-8-12(17-3)9-7-11/h5-9,13H,1,10H2,2-4H3. The highest BCUT2D eigenvalue weighted by Crippen LogP contribution is 2.23. The van der Waals surface area contributed by atoms with Gasteiger partial charge in [-0.3, -0.25) is 4.90 Å². The van der Waals surface area contributed by atoms with Crippen molar-refractivity contribution >= 4 is 5.97 Å². The van der Waals surface area contributed by atoms with E-state index < -0.39 is 6.04 Å². The van der Waals surface area contributed by atoms with E-state index in [0.29, 0.717) is 6.54 Å². The van der Waals surface area contributed by atoms with E-state index in [1.54, 1.807) is 13.2 Å². The van der Waals surface area contributed by atoms with E-state index in [0.717, 1.165) is 11.3 Å². The van der Waals surface area contributed by atoms with Gasteiger partial charge in [0.25, 0.3) is 0 Å². The Morgan fingerprint density at radius 1 is 1.39 bits per heavy atom. The molecule has 0 aromatic heterocycles. The highest BCUT2D eigenvalue weighted by atomic mass is 16.5. The van der Waals surface area contributed by atoms with E-state index in [9.17, 15) is 4.79 Å². The molecule has 0 bridgehead atoms. The summed E-state index contributed by atoms with van der Waals surface area (Å²) in [6.07, 6.45) is 1.75. The molecule has 1 unspecified atom stereocenters. The summed E-state index contributed by atoms with van der Waals surface area (Å²) in [7, 11) is 4.85. The summed E-state index contributed by atoms with van der Waals surface area (Å²) in [5.41, 5.74) is 0.868. The number of carbonyl (C=O) groups excluding carboxylic acids is 1. The number of hydrogen-bond acceptors (Lipinski definition) is 4. The molecule has 1 aromatic rings. The third-order valence-electron chi connectivity index (χ3n) is 2.71. The minimum absolute atomic E-state index is 0.287. The molecule has 0 aliphatic carbocycles. The Hall–Kier alpha value is -1.81. The number of esters is 1. The number of carbonyl (C=O) groups is 1. The highest BCUT2D eigenvalue weighted by Gasteiger charge is 2.25. The average molecular weight is 249 g/mol. The van der Waals surface area contributed by atoms with Gasteiger partial charge < -0.3 is 9.47 Å². The molecule has 4 nitrogen and oxygen atoms in total. The Morgan fingerprint density at radius 2 is 2.00 bits per heavy atom. The van der Waals surface area contributed by atoms with Crippen molar-refractivity contribution in [3.05, 3.63) is 42.5 Å². The van der Waals surface area contributed by atoms with Crippen LogP contribution in [0.1, 0.15) is 11.6 Å². The predicted octanol–water partition coefficient (Wildman–Crippen LogP) is 2.03. The molecule has 1 aromatic carbocycles. The van der Waals surface area contributed by atoms with Crippen molar-refractivity contribution in [3.8, 4) is 5.75 Å². The van der Waals surface area contributed by atoms with Crippen LogP contribution in [0.25, 0.3) is 0 Å². The summed E-state index contributed by atoms with van der Waals surface area (Å²) in [5, 5.41) is 0. The Kier molecular flexibility index (Phi) is 5.39.